The average Bonchev–Trinajstić information content (AvgIpc) is 3.12. The Morgan fingerprint density at radius 2 is 1.94 bits per heavy atom. The van der Waals surface area contributed by atoms with Gasteiger partial charge in [0, 0.05) is 36.8 Å². The molecule has 9 heteroatoms. The van der Waals surface area contributed by atoms with Crippen molar-refractivity contribution >= 4 is 27.7 Å². The van der Waals surface area contributed by atoms with Gasteiger partial charge in [-0.3, -0.25) is 9.69 Å². The van der Waals surface area contributed by atoms with Gasteiger partial charge in [0.25, 0.3) is 0 Å². The molecule has 0 bridgehead atoms. The zero-order valence-corrected chi connectivity index (χ0v) is 20.9. The van der Waals surface area contributed by atoms with Crippen molar-refractivity contribution in [2.45, 2.75) is 63.6 Å². The predicted octanol–water partition coefficient (Wildman–Crippen LogP) is 2.37. The van der Waals surface area contributed by atoms with Crippen LogP contribution in [-0.4, -0.2) is 77.6 Å². The maximum absolute atomic E-state index is 13.1. The monoisotopic (exact) mass is 471 g/mol. The number of β-amino-alcohol motifs (C(OH)–C–C–N with tert-alkyl or cyclic N) is 1. The summed E-state index contributed by atoms with van der Waals surface area (Å²) in [5, 5.41) is 13.7. The van der Waals surface area contributed by atoms with E-state index in [1.807, 2.05) is 39.5 Å². The van der Waals surface area contributed by atoms with E-state index in [1.165, 1.54) is 4.31 Å². The Labute approximate surface area is 191 Å². The van der Waals surface area contributed by atoms with Crippen LogP contribution in [0.1, 0.15) is 41.0 Å². The summed E-state index contributed by atoms with van der Waals surface area (Å²) in [5.74, 6) is 1.50. The first kappa shape index (κ1) is 26.1. The van der Waals surface area contributed by atoms with Crippen molar-refractivity contribution in [1.29, 1.82) is 0 Å². The van der Waals surface area contributed by atoms with Crippen LogP contribution in [0, 0.1) is 5.92 Å². The summed E-state index contributed by atoms with van der Waals surface area (Å²) in [4.78, 5) is 14.8. The second kappa shape index (κ2) is 11.1. The molecule has 0 radical (unpaired) electrons. The van der Waals surface area contributed by atoms with E-state index in [1.54, 1.807) is 42.1 Å². The molecule has 1 aliphatic rings. The molecule has 31 heavy (non-hydrogen) atoms. The number of sulfonamides is 1. The maximum atomic E-state index is 13.1. The Hall–Kier alpha value is -1.13. The molecule has 1 unspecified atom stereocenters. The van der Waals surface area contributed by atoms with Crippen LogP contribution in [-0.2, 0) is 14.8 Å². The number of carbonyl (C=O) groups is 1. The highest BCUT2D eigenvalue weighted by Gasteiger charge is 2.34. The minimum absolute atomic E-state index is 0.0298. The number of amides is 1. The number of aliphatic hydroxyl groups excluding tert-OH is 1. The summed E-state index contributed by atoms with van der Waals surface area (Å²) in [6.45, 7) is 10.8. The van der Waals surface area contributed by atoms with Crippen LogP contribution in [0.25, 0.3) is 0 Å². The molecule has 1 fully saturated rings. The van der Waals surface area contributed by atoms with Gasteiger partial charge in [-0.1, -0.05) is 32.0 Å². The number of rotatable bonds is 10. The van der Waals surface area contributed by atoms with Gasteiger partial charge in [-0.2, -0.15) is 4.31 Å². The molecule has 1 saturated heterocycles. The predicted molar refractivity (Wildman–Crippen MR) is 126 cm³/mol. The van der Waals surface area contributed by atoms with Crippen LogP contribution in [0.5, 0.6) is 0 Å². The first-order valence-corrected chi connectivity index (χ1v) is 13.4. The first-order chi connectivity index (χ1) is 14.4. The van der Waals surface area contributed by atoms with Crippen molar-refractivity contribution in [3.05, 3.63) is 30.3 Å². The number of hydrogen-bond donors (Lipinski definition) is 2. The SMILES string of the molecule is CC(C)CN(CCC(O)CN1CSC[C@H]1C(=O)NC(C)(C)C)S(=O)(=O)c1ccccc1. The standard InChI is InChI=1S/C22H37N3O4S2/c1-17(2)13-25(31(28,29)19-9-7-6-8-10-19)12-11-18(26)14-24-16-30-15-20(24)21(27)23-22(3,4)5/h6-10,17-18,20,26H,11-16H2,1-5H3,(H,23,27)/t18?,20-/m0/s1. The lowest BCUT2D eigenvalue weighted by atomic mass is 10.1. The van der Waals surface area contributed by atoms with Gasteiger partial charge in [0.1, 0.15) is 0 Å². The number of nitrogens with zero attached hydrogens (tertiary/aromatic N) is 2. The van der Waals surface area contributed by atoms with Gasteiger partial charge in [0.05, 0.1) is 17.0 Å². The van der Waals surface area contributed by atoms with Crippen molar-refractivity contribution in [2.75, 3.05) is 31.3 Å². The van der Waals surface area contributed by atoms with Gasteiger partial charge in [0.15, 0.2) is 0 Å². The molecule has 2 N–H and O–H groups in total. The number of benzene rings is 1. The molecule has 1 amide bonds. The highest BCUT2D eigenvalue weighted by Crippen LogP contribution is 2.23. The van der Waals surface area contributed by atoms with Gasteiger partial charge < -0.3 is 10.4 Å². The Morgan fingerprint density at radius 3 is 2.52 bits per heavy atom. The lowest BCUT2D eigenvalue weighted by Gasteiger charge is -2.29. The summed E-state index contributed by atoms with van der Waals surface area (Å²) < 4.78 is 27.6. The smallest absolute Gasteiger partial charge is 0.243 e. The zero-order chi connectivity index (χ0) is 23.2. The summed E-state index contributed by atoms with van der Waals surface area (Å²) in [7, 11) is -3.62. The van der Waals surface area contributed by atoms with Gasteiger partial charge in [-0.15, -0.1) is 11.8 Å². The molecule has 7 nitrogen and oxygen atoms in total. The van der Waals surface area contributed by atoms with Crippen molar-refractivity contribution in [2.24, 2.45) is 5.92 Å². The number of hydrogen-bond acceptors (Lipinski definition) is 6. The van der Waals surface area contributed by atoms with E-state index in [2.05, 4.69) is 5.32 Å². The molecule has 2 rings (SSSR count). The Bertz CT molecular complexity index is 810. The van der Waals surface area contributed by atoms with E-state index in [0.29, 0.717) is 31.1 Å². The van der Waals surface area contributed by atoms with E-state index in [-0.39, 0.29) is 34.8 Å². The first-order valence-electron chi connectivity index (χ1n) is 10.8. The molecular weight excluding hydrogens is 434 g/mol. The van der Waals surface area contributed by atoms with Crippen LogP contribution in [0.3, 0.4) is 0 Å². The molecule has 1 aliphatic heterocycles. The van der Waals surface area contributed by atoms with E-state index in [9.17, 15) is 18.3 Å². The topological polar surface area (TPSA) is 89.9 Å². The number of thioether (sulfide) groups is 1. The van der Waals surface area contributed by atoms with Crippen LogP contribution in [0.4, 0.5) is 0 Å². The Kier molecular flexibility index (Phi) is 9.39. The van der Waals surface area contributed by atoms with Gasteiger partial charge in [0.2, 0.25) is 15.9 Å². The van der Waals surface area contributed by atoms with E-state index in [4.69, 9.17) is 0 Å². The fourth-order valence-electron chi connectivity index (χ4n) is 3.46. The highest BCUT2D eigenvalue weighted by molar-refractivity contribution is 7.99. The fourth-order valence-corrected chi connectivity index (χ4v) is 6.31. The number of carbonyl (C=O) groups excluding carboxylic acids is 1. The molecule has 0 saturated carbocycles. The largest absolute Gasteiger partial charge is 0.392 e. The van der Waals surface area contributed by atoms with E-state index >= 15 is 0 Å². The van der Waals surface area contributed by atoms with Crippen LogP contribution in [0.2, 0.25) is 0 Å². The third-order valence-corrected chi connectivity index (χ3v) is 7.83. The zero-order valence-electron chi connectivity index (χ0n) is 19.2. The third-order valence-electron chi connectivity index (χ3n) is 4.88. The normalized spacial score (nSPS) is 19.2. The second-order valence-electron chi connectivity index (χ2n) is 9.54. The maximum Gasteiger partial charge on any atom is 0.243 e. The average molecular weight is 472 g/mol. The summed E-state index contributed by atoms with van der Waals surface area (Å²) in [5.41, 5.74) is -0.308. The highest BCUT2D eigenvalue weighted by atomic mass is 32.2. The molecule has 1 heterocycles. The van der Waals surface area contributed by atoms with Crippen molar-refractivity contribution < 1.29 is 18.3 Å². The molecule has 0 aromatic heterocycles. The molecule has 0 spiro atoms. The summed E-state index contributed by atoms with van der Waals surface area (Å²) in [6, 6.07) is 8.12. The van der Waals surface area contributed by atoms with E-state index in [0.717, 1.165) is 0 Å². The second-order valence-corrected chi connectivity index (χ2v) is 12.5. The van der Waals surface area contributed by atoms with Crippen molar-refractivity contribution in [3.63, 3.8) is 0 Å². The van der Waals surface area contributed by atoms with Gasteiger partial charge in [-0.25, -0.2) is 8.42 Å². The molecule has 1 aromatic carbocycles. The lowest BCUT2D eigenvalue weighted by Crippen LogP contribution is -2.52. The molecule has 176 valence electrons. The van der Waals surface area contributed by atoms with Crippen molar-refractivity contribution in [3.8, 4) is 0 Å². The van der Waals surface area contributed by atoms with Crippen LogP contribution in [0.15, 0.2) is 35.2 Å². The summed E-state index contributed by atoms with van der Waals surface area (Å²) >= 11 is 1.67. The van der Waals surface area contributed by atoms with Crippen LogP contribution >= 0.6 is 11.8 Å². The van der Waals surface area contributed by atoms with Gasteiger partial charge in [-0.05, 0) is 45.2 Å². The van der Waals surface area contributed by atoms with Crippen molar-refractivity contribution in [1.82, 2.24) is 14.5 Å². The lowest BCUT2D eigenvalue weighted by molar-refractivity contribution is -0.126. The van der Waals surface area contributed by atoms with Gasteiger partial charge >= 0.3 is 0 Å². The molecule has 0 aliphatic carbocycles. The van der Waals surface area contributed by atoms with E-state index < -0.39 is 16.1 Å². The minimum atomic E-state index is -3.62. The number of aliphatic hydroxyl groups is 1. The minimum Gasteiger partial charge on any atom is -0.392 e. The Balaban J connectivity index is 1.99. The Morgan fingerprint density at radius 1 is 1.29 bits per heavy atom. The van der Waals surface area contributed by atoms with Crippen LogP contribution < -0.4 is 5.32 Å². The molecular formula is C22H37N3O4S2. The number of nitrogens with one attached hydrogen (secondary N) is 1. The third kappa shape index (κ3) is 8.05. The fraction of sp³-hybridized carbons (Fsp3) is 0.682. The summed E-state index contributed by atoms with van der Waals surface area (Å²) in [6.07, 6.45) is -0.405. The molecule has 2 atom stereocenters. The molecule has 1 aromatic rings. The quantitative estimate of drug-likeness (QED) is 0.545.